The van der Waals surface area contributed by atoms with Crippen LogP contribution in [0, 0.1) is 11.3 Å². The third kappa shape index (κ3) is 3.72. The van der Waals surface area contributed by atoms with Gasteiger partial charge in [-0.05, 0) is 19.8 Å². The highest BCUT2D eigenvalue weighted by atomic mass is 16.2. The topological polar surface area (TPSA) is 49.4 Å². The lowest BCUT2D eigenvalue weighted by atomic mass is 9.91. The van der Waals surface area contributed by atoms with E-state index < -0.39 is 0 Å². The smallest absolute Gasteiger partial charge is 0.227 e. The number of piperidine rings is 1. The summed E-state index contributed by atoms with van der Waals surface area (Å²) < 4.78 is 0. The van der Waals surface area contributed by atoms with Crippen molar-refractivity contribution in [2.45, 2.75) is 40.5 Å². The number of hydrogen-bond acceptors (Lipinski definition) is 2. The first-order valence-electron chi connectivity index (χ1n) is 6.43. The highest BCUT2D eigenvalue weighted by Gasteiger charge is 2.32. The molecule has 0 aromatic rings. The first-order chi connectivity index (χ1) is 7.86. The summed E-state index contributed by atoms with van der Waals surface area (Å²) in [5.41, 5.74) is -0.321. The summed E-state index contributed by atoms with van der Waals surface area (Å²) in [6.07, 6.45) is 1.57. The average molecular weight is 240 g/mol. The molecular weight excluding hydrogens is 216 g/mol. The molecule has 1 aliphatic heterocycles. The third-order valence-electron chi connectivity index (χ3n) is 3.15. The molecule has 0 aliphatic carbocycles. The van der Waals surface area contributed by atoms with Crippen molar-refractivity contribution >= 4 is 11.8 Å². The lowest BCUT2D eigenvalue weighted by molar-refractivity contribution is -0.142. The molecule has 0 atom stereocenters. The molecule has 0 saturated carbocycles. The molecule has 1 N–H and O–H groups in total. The van der Waals surface area contributed by atoms with Gasteiger partial charge in [0, 0.05) is 31.0 Å². The Morgan fingerprint density at radius 3 is 2.18 bits per heavy atom. The predicted molar refractivity (Wildman–Crippen MR) is 67.4 cm³/mol. The summed E-state index contributed by atoms with van der Waals surface area (Å²) in [5, 5.41) is 2.85. The molecule has 4 heteroatoms. The zero-order chi connectivity index (χ0) is 13.1. The first-order valence-corrected chi connectivity index (χ1v) is 6.43. The molecule has 0 aromatic heterocycles. The number of carbonyl (C=O) groups is 2. The van der Waals surface area contributed by atoms with Gasteiger partial charge in [0.1, 0.15) is 0 Å². The van der Waals surface area contributed by atoms with Gasteiger partial charge in [-0.3, -0.25) is 9.59 Å². The van der Waals surface area contributed by atoms with E-state index in [1.54, 1.807) is 0 Å². The summed E-state index contributed by atoms with van der Waals surface area (Å²) >= 11 is 0. The maximum atomic E-state index is 12.0. The van der Waals surface area contributed by atoms with Gasteiger partial charge < -0.3 is 10.2 Å². The van der Waals surface area contributed by atoms with Gasteiger partial charge in [0.05, 0.1) is 0 Å². The van der Waals surface area contributed by atoms with Crippen LogP contribution in [0.5, 0.6) is 0 Å². The van der Waals surface area contributed by atoms with E-state index in [0.29, 0.717) is 19.6 Å². The van der Waals surface area contributed by atoms with Crippen LogP contribution in [0.25, 0.3) is 0 Å². The molecule has 17 heavy (non-hydrogen) atoms. The second-order valence-electron chi connectivity index (χ2n) is 5.71. The van der Waals surface area contributed by atoms with Gasteiger partial charge in [0.2, 0.25) is 11.8 Å². The van der Waals surface area contributed by atoms with Crippen molar-refractivity contribution in [3.63, 3.8) is 0 Å². The number of carbonyl (C=O) groups excluding carboxylic acids is 2. The normalized spacial score (nSPS) is 18.0. The summed E-state index contributed by atoms with van der Waals surface area (Å²) in [6, 6.07) is 0. The molecule has 0 radical (unpaired) electrons. The summed E-state index contributed by atoms with van der Waals surface area (Å²) in [4.78, 5) is 25.6. The van der Waals surface area contributed by atoms with Gasteiger partial charge in [-0.2, -0.15) is 0 Å². The molecule has 0 aromatic carbocycles. The fourth-order valence-electron chi connectivity index (χ4n) is 2.14. The summed E-state index contributed by atoms with van der Waals surface area (Å²) in [7, 11) is 0. The Labute approximate surface area is 104 Å². The molecule has 1 saturated heterocycles. The Bertz CT molecular complexity index is 286. The second-order valence-corrected chi connectivity index (χ2v) is 5.71. The van der Waals surface area contributed by atoms with Crippen LogP contribution in [0.4, 0.5) is 0 Å². The van der Waals surface area contributed by atoms with Crippen LogP contribution >= 0.6 is 0 Å². The molecule has 1 rings (SSSR count). The molecular formula is C13H24N2O2. The molecule has 1 aliphatic rings. The van der Waals surface area contributed by atoms with E-state index in [1.807, 2.05) is 32.6 Å². The third-order valence-corrected chi connectivity index (χ3v) is 3.15. The fourth-order valence-corrected chi connectivity index (χ4v) is 2.14. The number of amides is 2. The SMILES string of the molecule is CCNC(=O)C1CCN(C(=O)C(C)(C)C)CC1. The maximum Gasteiger partial charge on any atom is 0.227 e. The lowest BCUT2D eigenvalue weighted by Gasteiger charge is -2.35. The Balaban J connectivity index is 2.46. The van der Waals surface area contributed by atoms with Crippen LogP contribution in [-0.4, -0.2) is 36.3 Å². The number of rotatable bonds is 2. The highest BCUT2D eigenvalue weighted by molar-refractivity contribution is 5.82. The van der Waals surface area contributed by atoms with Gasteiger partial charge in [-0.15, -0.1) is 0 Å². The number of nitrogens with zero attached hydrogens (tertiary/aromatic N) is 1. The molecule has 0 bridgehead atoms. The molecule has 1 fully saturated rings. The molecule has 4 nitrogen and oxygen atoms in total. The van der Waals surface area contributed by atoms with Crippen LogP contribution in [0.15, 0.2) is 0 Å². The second kappa shape index (κ2) is 5.52. The maximum absolute atomic E-state index is 12.0. The number of nitrogens with one attached hydrogen (secondary N) is 1. The van der Waals surface area contributed by atoms with Crippen LogP contribution in [0.2, 0.25) is 0 Å². The van der Waals surface area contributed by atoms with Crippen molar-refractivity contribution in [2.24, 2.45) is 11.3 Å². The van der Waals surface area contributed by atoms with Gasteiger partial charge >= 0.3 is 0 Å². The Kier molecular flexibility index (Phi) is 4.54. The van der Waals surface area contributed by atoms with Crippen molar-refractivity contribution in [1.82, 2.24) is 10.2 Å². The number of likely N-dealkylation sites (tertiary alicyclic amines) is 1. The minimum atomic E-state index is -0.321. The molecule has 98 valence electrons. The minimum Gasteiger partial charge on any atom is -0.356 e. The van der Waals surface area contributed by atoms with E-state index in [4.69, 9.17) is 0 Å². The molecule has 0 unspecified atom stereocenters. The predicted octanol–water partition coefficient (Wildman–Crippen LogP) is 1.41. The summed E-state index contributed by atoms with van der Waals surface area (Å²) in [5.74, 6) is 0.404. The minimum absolute atomic E-state index is 0.0824. The Hall–Kier alpha value is -1.06. The van der Waals surface area contributed by atoms with E-state index in [1.165, 1.54) is 0 Å². The molecule has 2 amide bonds. The zero-order valence-electron chi connectivity index (χ0n) is 11.4. The van der Waals surface area contributed by atoms with Gasteiger partial charge in [-0.1, -0.05) is 20.8 Å². The largest absolute Gasteiger partial charge is 0.356 e. The quantitative estimate of drug-likeness (QED) is 0.793. The zero-order valence-corrected chi connectivity index (χ0v) is 11.4. The molecule has 1 heterocycles. The average Bonchev–Trinajstić information content (AvgIpc) is 2.27. The van der Waals surface area contributed by atoms with E-state index in [-0.39, 0.29) is 23.1 Å². The van der Waals surface area contributed by atoms with Crippen LogP contribution in [-0.2, 0) is 9.59 Å². The molecule has 0 spiro atoms. The van der Waals surface area contributed by atoms with Gasteiger partial charge in [0.25, 0.3) is 0 Å². The fraction of sp³-hybridized carbons (Fsp3) is 0.846. The van der Waals surface area contributed by atoms with E-state index in [9.17, 15) is 9.59 Å². The van der Waals surface area contributed by atoms with E-state index in [0.717, 1.165) is 12.8 Å². The van der Waals surface area contributed by atoms with Crippen molar-refractivity contribution < 1.29 is 9.59 Å². The Morgan fingerprint density at radius 2 is 1.76 bits per heavy atom. The highest BCUT2D eigenvalue weighted by Crippen LogP contribution is 2.23. The van der Waals surface area contributed by atoms with Crippen molar-refractivity contribution in [3.8, 4) is 0 Å². The standard InChI is InChI=1S/C13H24N2O2/c1-5-14-11(16)10-6-8-15(9-7-10)12(17)13(2,3)4/h10H,5-9H2,1-4H3,(H,14,16). The van der Waals surface area contributed by atoms with E-state index >= 15 is 0 Å². The van der Waals surface area contributed by atoms with E-state index in [2.05, 4.69) is 5.32 Å². The van der Waals surface area contributed by atoms with Crippen molar-refractivity contribution in [1.29, 1.82) is 0 Å². The van der Waals surface area contributed by atoms with Gasteiger partial charge in [0.15, 0.2) is 0 Å². The lowest BCUT2D eigenvalue weighted by Crippen LogP contribution is -2.46. The Morgan fingerprint density at radius 1 is 1.24 bits per heavy atom. The van der Waals surface area contributed by atoms with Crippen molar-refractivity contribution in [3.05, 3.63) is 0 Å². The van der Waals surface area contributed by atoms with Crippen LogP contribution in [0.3, 0.4) is 0 Å². The summed E-state index contributed by atoms with van der Waals surface area (Å²) in [6.45, 7) is 9.83. The monoisotopic (exact) mass is 240 g/mol. The van der Waals surface area contributed by atoms with Crippen molar-refractivity contribution in [2.75, 3.05) is 19.6 Å². The van der Waals surface area contributed by atoms with Crippen LogP contribution < -0.4 is 5.32 Å². The van der Waals surface area contributed by atoms with Gasteiger partial charge in [-0.25, -0.2) is 0 Å². The first kappa shape index (κ1) is 14.0. The van der Waals surface area contributed by atoms with Crippen LogP contribution in [0.1, 0.15) is 40.5 Å². The number of hydrogen-bond donors (Lipinski definition) is 1.